The van der Waals surface area contributed by atoms with E-state index in [9.17, 15) is 0 Å². The van der Waals surface area contributed by atoms with Crippen molar-refractivity contribution < 1.29 is 5.21 Å². The van der Waals surface area contributed by atoms with Crippen molar-refractivity contribution in [3.8, 4) is 0 Å². The maximum absolute atomic E-state index is 8.80. The molecule has 0 amide bonds. The Bertz CT molecular complexity index is 179. The Balaban J connectivity index is 2.62. The van der Waals surface area contributed by atoms with Crippen molar-refractivity contribution in [2.24, 2.45) is 10.6 Å². The standard InChI is InChI=1S/C11H21NO/c1-10(12-13)11(2)8-6-4-3-5-7-9-11/h13H,3-9H2,1-2H3/b12-10+. The minimum atomic E-state index is 0.162. The van der Waals surface area contributed by atoms with Crippen molar-refractivity contribution in [2.75, 3.05) is 0 Å². The van der Waals surface area contributed by atoms with Gasteiger partial charge in [-0.25, -0.2) is 0 Å². The van der Waals surface area contributed by atoms with E-state index in [1.54, 1.807) is 0 Å². The Kier molecular flexibility index (Phi) is 3.76. The predicted octanol–water partition coefficient (Wildman–Crippen LogP) is 3.59. The van der Waals surface area contributed by atoms with Crippen LogP contribution in [0.15, 0.2) is 5.16 Å². The van der Waals surface area contributed by atoms with E-state index in [1.165, 1.54) is 44.9 Å². The molecule has 2 nitrogen and oxygen atoms in total. The Labute approximate surface area is 81.0 Å². The zero-order valence-electron chi connectivity index (χ0n) is 8.84. The van der Waals surface area contributed by atoms with Crippen molar-refractivity contribution >= 4 is 5.71 Å². The molecule has 1 saturated carbocycles. The second-order valence-electron chi connectivity index (χ2n) is 4.51. The Morgan fingerprint density at radius 3 is 2.00 bits per heavy atom. The van der Waals surface area contributed by atoms with Crippen LogP contribution in [0, 0.1) is 5.41 Å². The molecule has 0 heterocycles. The summed E-state index contributed by atoms with van der Waals surface area (Å²) in [6, 6.07) is 0. The highest BCUT2D eigenvalue weighted by Crippen LogP contribution is 2.34. The lowest BCUT2D eigenvalue weighted by atomic mass is 9.75. The van der Waals surface area contributed by atoms with Crippen LogP contribution in [-0.4, -0.2) is 10.9 Å². The molecule has 0 saturated heterocycles. The van der Waals surface area contributed by atoms with Gasteiger partial charge in [-0.05, 0) is 19.8 Å². The number of hydrogen-bond acceptors (Lipinski definition) is 2. The molecule has 0 radical (unpaired) electrons. The maximum atomic E-state index is 8.80. The fourth-order valence-electron chi connectivity index (χ4n) is 2.17. The molecule has 0 atom stereocenters. The van der Waals surface area contributed by atoms with E-state index in [1.807, 2.05) is 6.92 Å². The van der Waals surface area contributed by atoms with E-state index in [0.717, 1.165) is 5.71 Å². The molecule has 13 heavy (non-hydrogen) atoms. The molecule has 2 heteroatoms. The summed E-state index contributed by atoms with van der Waals surface area (Å²) >= 11 is 0. The van der Waals surface area contributed by atoms with Gasteiger partial charge in [0.15, 0.2) is 0 Å². The number of rotatable bonds is 1. The normalized spacial score (nSPS) is 24.9. The molecule has 1 rings (SSSR count). The molecule has 0 aromatic rings. The third-order valence-corrected chi connectivity index (χ3v) is 3.48. The average Bonchev–Trinajstić information content (AvgIpc) is 2.10. The molecule has 0 aliphatic heterocycles. The van der Waals surface area contributed by atoms with Gasteiger partial charge in [-0.1, -0.05) is 44.2 Å². The van der Waals surface area contributed by atoms with E-state index in [2.05, 4.69) is 12.1 Å². The summed E-state index contributed by atoms with van der Waals surface area (Å²) in [4.78, 5) is 0. The Morgan fingerprint density at radius 1 is 1.08 bits per heavy atom. The molecule has 0 bridgehead atoms. The number of nitrogens with zero attached hydrogens (tertiary/aromatic N) is 1. The lowest BCUT2D eigenvalue weighted by molar-refractivity contribution is 0.285. The van der Waals surface area contributed by atoms with Gasteiger partial charge in [0.1, 0.15) is 0 Å². The highest BCUT2D eigenvalue weighted by atomic mass is 16.4. The second kappa shape index (κ2) is 4.64. The first-order valence-corrected chi connectivity index (χ1v) is 5.38. The third-order valence-electron chi connectivity index (χ3n) is 3.48. The van der Waals surface area contributed by atoms with E-state index in [4.69, 9.17) is 5.21 Å². The summed E-state index contributed by atoms with van der Waals surface area (Å²) < 4.78 is 0. The van der Waals surface area contributed by atoms with Gasteiger partial charge in [-0.3, -0.25) is 0 Å². The van der Waals surface area contributed by atoms with Crippen LogP contribution in [0.4, 0.5) is 0 Å². The van der Waals surface area contributed by atoms with Gasteiger partial charge in [0, 0.05) is 5.41 Å². The summed E-state index contributed by atoms with van der Waals surface area (Å²) in [5.74, 6) is 0. The molecular formula is C11H21NO. The molecule has 1 aliphatic carbocycles. The predicted molar refractivity (Wildman–Crippen MR) is 55.3 cm³/mol. The molecule has 76 valence electrons. The van der Waals surface area contributed by atoms with Gasteiger partial charge in [0.05, 0.1) is 5.71 Å². The van der Waals surface area contributed by atoms with Crippen molar-refractivity contribution in [3.63, 3.8) is 0 Å². The van der Waals surface area contributed by atoms with Crippen LogP contribution in [0.1, 0.15) is 58.8 Å². The Hall–Kier alpha value is -0.530. The van der Waals surface area contributed by atoms with Crippen LogP contribution in [0.3, 0.4) is 0 Å². The number of oxime groups is 1. The fraction of sp³-hybridized carbons (Fsp3) is 0.909. The van der Waals surface area contributed by atoms with E-state index in [-0.39, 0.29) is 5.41 Å². The second-order valence-corrected chi connectivity index (χ2v) is 4.51. The quantitative estimate of drug-likeness (QED) is 0.376. The smallest absolute Gasteiger partial charge is 0.0598 e. The summed E-state index contributed by atoms with van der Waals surface area (Å²) in [5, 5.41) is 12.2. The van der Waals surface area contributed by atoms with Crippen molar-refractivity contribution in [2.45, 2.75) is 58.8 Å². The van der Waals surface area contributed by atoms with Gasteiger partial charge in [-0.2, -0.15) is 0 Å². The van der Waals surface area contributed by atoms with Crippen LogP contribution in [0.5, 0.6) is 0 Å². The fourth-order valence-corrected chi connectivity index (χ4v) is 2.17. The lowest BCUT2D eigenvalue weighted by Crippen LogP contribution is -2.26. The third kappa shape index (κ3) is 2.71. The summed E-state index contributed by atoms with van der Waals surface area (Å²) in [7, 11) is 0. The highest BCUT2D eigenvalue weighted by molar-refractivity contribution is 5.87. The van der Waals surface area contributed by atoms with Crippen LogP contribution < -0.4 is 0 Å². The van der Waals surface area contributed by atoms with E-state index in [0.29, 0.717) is 0 Å². The van der Waals surface area contributed by atoms with Crippen molar-refractivity contribution in [1.29, 1.82) is 0 Å². The first kappa shape index (κ1) is 10.6. The minimum Gasteiger partial charge on any atom is -0.411 e. The van der Waals surface area contributed by atoms with Gasteiger partial charge in [0.2, 0.25) is 0 Å². The average molecular weight is 183 g/mol. The molecule has 0 aromatic heterocycles. The van der Waals surface area contributed by atoms with Crippen LogP contribution in [-0.2, 0) is 0 Å². The van der Waals surface area contributed by atoms with Gasteiger partial charge >= 0.3 is 0 Å². The topological polar surface area (TPSA) is 32.6 Å². The molecule has 0 unspecified atom stereocenters. The largest absolute Gasteiger partial charge is 0.411 e. The first-order valence-electron chi connectivity index (χ1n) is 5.38. The molecule has 1 fully saturated rings. The molecule has 1 aliphatic rings. The zero-order valence-corrected chi connectivity index (χ0v) is 8.84. The van der Waals surface area contributed by atoms with Crippen molar-refractivity contribution in [1.82, 2.24) is 0 Å². The zero-order chi connectivity index (χ0) is 9.73. The highest BCUT2D eigenvalue weighted by Gasteiger charge is 2.28. The van der Waals surface area contributed by atoms with Gasteiger partial charge in [-0.15, -0.1) is 0 Å². The van der Waals surface area contributed by atoms with Crippen LogP contribution in [0.2, 0.25) is 0 Å². The molecule has 0 spiro atoms. The minimum absolute atomic E-state index is 0.162. The summed E-state index contributed by atoms with van der Waals surface area (Å²) in [5.41, 5.74) is 1.07. The molecule has 0 aromatic carbocycles. The summed E-state index contributed by atoms with van der Waals surface area (Å²) in [6.45, 7) is 4.18. The van der Waals surface area contributed by atoms with Crippen LogP contribution >= 0.6 is 0 Å². The number of hydrogen-bond donors (Lipinski definition) is 1. The summed E-state index contributed by atoms with van der Waals surface area (Å²) in [6.07, 6.45) is 8.99. The van der Waals surface area contributed by atoms with E-state index >= 15 is 0 Å². The maximum Gasteiger partial charge on any atom is 0.0598 e. The first-order chi connectivity index (χ1) is 6.19. The lowest BCUT2D eigenvalue weighted by Gasteiger charge is -2.30. The monoisotopic (exact) mass is 183 g/mol. The molecule has 1 N–H and O–H groups in total. The SMILES string of the molecule is C/C(=N\O)C1(C)CCCCCCC1. The van der Waals surface area contributed by atoms with Gasteiger partial charge in [0.25, 0.3) is 0 Å². The van der Waals surface area contributed by atoms with E-state index < -0.39 is 0 Å². The Morgan fingerprint density at radius 2 is 1.54 bits per heavy atom. The van der Waals surface area contributed by atoms with Gasteiger partial charge < -0.3 is 5.21 Å². The molecular weight excluding hydrogens is 162 g/mol. The van der Waals surface area contributed by atoms with Crippen LogP contribution in [0.25, 0.3) is 0 Å². The van der Waals surface area contributed by atoms with Crippen molar-refractivity contribution in [3.05, 3.63) is 0 Å².